The van der Waals surface area contributed by atoms with Crippen LogP contribution in [0.5, 0.6) is 5.75 Å². The van der Waals surface area contributed by atoms with Crippen LogP contribution in [-0.2, 0) is 14.4 Å². The second-order valence-electron chi connectivity index (χ2n) is 17.9. The average Bonchev–Trinajstić information content (AvgIpc) is 3.57. The highest BCUT2D eigenvalue weighted by Gasteiger charge is 2.56. The third kappa shape index (κ3) is 7.36. The number of carbonyl (C=O) groups is 3. The molecule has 54 heavy (non-hydrogen) atoms. The number of amides is 3. The second-order valence-corrected chi connectivity index (χ2v) is 17.9. The summed E-state index contributed by atoms with van der Waals surface area (Å²) < 4.78 is 0. The molecule has 4 N–H and O–H groups in total. The number of nitrogens with one attached hydrogen (secondary N) is 2. The summed E-state index contributed by atoms with van der Waals surface area (Å²) in [4.78, 5) is 51.0. The van der Waals surface area contributed by atoms with E-state index in [4.69, 9.17) is 0 Å². The molecule has 8 rings (SSSR count). The molecule has 14 nitrogen and oxygen atoms in total. The number of fused-ring (bicyclic) bond motifs is 3. The number of nitrogens with zero attached hydrogens (tertiary/aromatic N) is 7. The summed E-state index contributed by atoms with van der Waals surface area (Å²) in [7, 11) is 0. The number of aromatic hydroxyl groups is 1. The molecule has 2 saturated carbocycles. The van der Waals surface area contributed by atoms with E-state index in [1.165, 1.54) is 0 Å². The number of anilines is 2. The van der Waals surface area contributed by atoms with Gasteiger partial charge in [0.15, 0.2) is 5.82 Å². The number of aromatic nitrogens is 2. The molecule has 3 saturated heterocycles. The molecule has 0 unspecified atom stereocenters. The van der Waals surface area contributed by atoms with Gasteiger partial charge in [-0.05, 0) is 61.1 Å². The Kier molecular flexibility index (Phi) is 9.97. The first-order chi connectivity index (χ1) is 25.9. The van der Waals surface area contributed by atoms with Gasteiger partial charge in [0.1, 0.15) is 11.8 Å². The SMILES string of the molecule is CC(C)(C)[C@H](NC(=O)C1CC2(C1)CC(N1CCN(C(=O)CCN3CCN4c5cc(-c6ccccc6O)nnc5NC[C@H]4C3)CC1)C2)C(=O)N1CC[C@@H](O)C1. The van der Waals surface area contributed by atoms with Gasteiger partial charge >= 0.3 is 0 Å². The number of phenols is 1. The van der Waals surface area contributed by atoms with E-state index in [2.05, 4.69) is 35.5 Å². The molecule has 4 aliphatic heterocycles. The molecule has 1 aromatic carbocycles. The van der Waals surface area contributed by atoms with Gasteiger partial charge in [-0.25, -0.2) is 0 Å². The maximum atomic E-state index is 13.3. The quantitative estimate of drug-likeness (QED) is 0.314. The Bertz CT molecular complexity index is 1730. The summed E-state index contributed by atoms with van der Waals surface area (Å²) in [6.45, 7) is 14.2. The number of aliphatic hydroxyl groups is 1. The van der Waals surface area contributed by atoms with Gasteiger partial charge in [0.2, 0.25) is 17.7 Å². The number of piperazine rings is 2. The molecule has 2 aromatic rings. The van der Waals surface area contributed by atoms with E-state index in [-0.39, 0.29) is 40.8 Å². The zero-order valence-corrected chi connectivity index (χ0v) is 32.0. The molecule has 2 aliphatic carbocycles. The first-order valence-corrected chi connectivity index (χ1v) is 20.0. The number of aliphatic hydroxyl groups excluding tert-OH is 1. The molecule has 0 bridgehead atoms. The molecule has 1 spiro atoms. The van der Waals surface area contributed by atoms with Crippen LogP contribution in [0.15, 0.2) is 30.3 Å². The second kappa shape index (κ2) is 14.6. The van der Waals surface area contributed by atoms with Gasteiger partial charge in [0, 0.05) is 95.9 Å². The lowest BCUT2D eigenvalue weighted by Crippen LogP contribution is -2.63. The van der Waals surface area contributed by atoms with E-state index < -0.39 is 17.6 Å². The standard InChI is InChI=1S/C40H57N9O5/c1-39(2,3)35(38(54)48-11-8-29(50)25-48)42-37(53)26-19-40(20-26)21-27(22-40)46-13-15-47(16-14-46)34(52)9-10-45-12-17-49-28(24-45)23-41-36-32(49)18-31(43-44-36)30-6-4-5-7-33(30)51/h4-7,18,26-29,35,50-51H,8-17,19-25H2,1-3H3,(H,41,44)(H,42,53)/t26?,27?,28-,29+,35+,40?/m0/s1. The number of rotatable bonds is 8. The van der Waals surface area contributed by atoms with Gasteiger partial charge in [-0.3, -0.25) is 24.2 Å². The van der Waals surface area contributed by atoms with Crippen LogP contribution in [0.4, 0.5) is 11.5 Å². The van der Waals surface area contributed by atoms with Crippen LogP contribution in [0, 0.1) is 16.7 Å². The van der Waals surface area contributed by atoms with Crippen molar-refractivity contribution in [3.63, 3.8) is 0 Å². The van der Waals surface area contributed by atoms with E-state index in [1.54, 1.807) is 17.0 Å². The predicted octanol–water partition coefficient (Wildman–Crippen LogP) is 1.98. The van der Waals surface area contributed by atoms with E-state index >= 15 is 0 Å². The molecule has 3 amide bonds. The number of β-amino-alcohol motifs (C(OH)–C–C–N with tert-alkyl or cyclic N) is 1. The van der Waals surface area contributed by atoms with Gasteiger partial charge in [0.25, 0.3) is 0 Å². The first-order valence-electron chi connectivity index (χ1n) is 20.0. The van der Waals surface area contributed by atoms with Crippen LogP contribution >= 0.6 is 0 Å². The summed E-state index contributed by atoms with van der Waals surface area (Å²) in [6, 6.07) is 9.39. The molecule has 6 aliphatic rings. The van der Waals surface area contributed by atoms with Crippen molar-refractivity contribution in [1.82, 2.24) is 35.1 Å². The summed E-state index contributed by atoms with van der Waals surface area (Å²) in [6.07, 6.45) is 4.60. The highest BCUT2D eigenvalue weighted by molar-refractivity contribution is 5.90. The van der Waals surface area contributed by atoms with E-state index in [9.17, 15) is 24.6 Å². The predicted molar refractivity (Wildman–Crippen MR) is 205 cm³/mol. The fraction of sp³-hybridized carbons (Fsp3) is 0.675. The van der Waals surface area contributed by atoms with Crippen molar-refractivity contribution in [2.24, 2.45) is 16.7 Å². The van der Waals surface area contributed by atoms with Crippen LogP contribution in [0.1, 0.15) is 59.3 Å². The first kappa shape index (κ1) is 36.9. The minimum Gasteiger partial charge on any atom is -0.507 e. The van der Waals surface area contributed by atoms with Crippen molar-refractivity contribution >= 4 is 29.2 Å². The van der Waals surface area contributed by atoms with Crippen molar-refractivity contribution in [1.29, 1.82) is 0 Å². The lowest BCUT2D eigenvalue weighted by molar-refractivity contribution is -0.150. The molecule has 5 fully saturated rings. The Balaban J connectivity index is 0.747. The van der Waals surface area contributed by atoms with Crippen LogP contribution in [-0.4, -0.2) is 154 Å². The van der Waals surface area contributed by atoms with Gasteiger partial charge in [-0.15, -0.1) is 10.2 Å². The normalized spacial score (nSPS) is 29.1. The maximum Gasteiger partial charge on any atom is 0.245 e. The average molecular weight is 744 g/mol. The van der Waals surface area contributed by atoms with Gasteiger partial charge in [0.05, 0.1) is 23.5 Å². The molecule has 292 valence electrons. The Morgan fingerprint density at radius 2 is 1.70 bits per heavy atom. The molecule has 3 atom stereocenters. The number of para-hydroxylation sites is 1. The van der Waals surface area contributed by atoms with Crippen molar-refractivity contribution in [2.75, 3.05) is 82.2 Å². The summed E-state index contributed by atoms with van der Waals surface area (Å²) in [5, 5.41) is 35.6. The topological polar surface area (TPSA) is 158 Å². The van der Waals surface area contributed by atoms with E-state index in [0.717, 1.165) is 96.1 Å². The van der Waals surface area contributed by atoms with E-state index in [1.807, 2.05) is 43.9 Å². The minimum atomic E-state index is -0.597. The molecule has 14 heteroatoms. The number of hydrogen-bond donors (Lipinski definition) is 4. The Labute approximate surface area is 318 Å². The van der Waals surface area contributed by atoms with Crippen LogP contribution in [0.3, 0.4) is 0 Å². The smallest absolute Gasteiger partial charge is 0.245 e. The van der Waals surface area contributed by atoms with Crippen molar-refractivity contribution in [3.05, 3.63) is 30.3 Å². The van der Waals surface area contributed by atoms with E-state index in [0.29, 0.717) is 43.2 Å². The molecule has 1 aromatic heterocycles. The zero-order chi connectivity index (χ0) is 37.8. The van der Waals surface area contributed by atoms with Gasteiger partial charge in [-0.1, -0.05) is 32.9 Å². The van der Waals surface area contributed by atoms with Gasteiger partial charge in [-0.2, -0.15) is 0 Å². The van der Waals surface area contributed by atoms with Crippen molar-refractivity contribution in [2.45, 2.75) is 83.5 Å². The Morgan fingerprint density at radius 3 is 2.41 bits per heavy atom. The van der Waals surface area contributed by atoms with Crippen molar-refractivity contribution < 1.29 is 24.6 Å². The van der Waals surface area contributed by atoms with Crippen molar-refractivity contribution in [3.8, 4) is 17.0 Å². The fourth-order valence-electron chi connectivity index (χ4n) is 9.86. The largest absolute Gasteiger partial charge is 0.507 e. The van der Waals surface area contributed by atoms with Crippen LogP contribution < -0.4 is 15.5 Å². The number of hydrogen-bond acceptors (Lipinski definition) is 11. The minimum absolute atomic E-state index is 0.0129. The Hall–Kier alpha value is -4.01. The number of carbonyl (C=O) groups excluding carboxylic acids is 3. The fourth-order valence-corrected chi connectivity index (χ4v) is 9.86. The number of likely N-dealkylation sites (tertiary alicyclic amines) is 1. The third-order valence-electron chi connectivity index (χ3n) is 13.1. The monoisotopic (exact) mass is 743 g/mol. The Morgan fingerprint density at radius 1 is 0.944 bits per heavy atom. The third-order valence-corrected chi connectivity index (χ3v) is 13.1. The molecular formula is C40H57N9O5. The highest BCUT2D eigenvalue weighted by atomic mass is 16.3. The lowest BCUT2D eigenvalue weighted by atomic mass is 9.49. The molecule has 0 radical (unpaired) electrons. The summed E-state index contributed by atoms with van der Waals surface area (Å²) >= 11 is 0. The maximum absolute atomic E-state index is 13.3. The molecule has 5 heterocycles. The van der Waals surface area contributed by atoms with Gasteiger partial charge < -0.3 is 35.5 Å². The highest BCUT2D eigenvalue weighted by Crippen LogP contribution is 2.60. The summed E-state index contributed by atoms with van der Waals surface area (Å²) in [5.41, 5.74) is 2.14. The summed E-state index contributed by atoms with van der Waals surface area (Å²) in [5.74, 6) is 1.04. The lowest BCUT2D eigenvalue weighted by Gasteiger charge is -2.60. The zero-order valence-electron chi connectivity index (χ0n) is 32.0. The number of benzene rings is 1. The number of phenolic OH excluding ortho intramolecular Hbond substituents is 1. The van der Waals surface area contributed by atoms with Crippen LogP contribution in [0.25, 0.3) is 11.3 Å². The van der Waals surface area contributed by atoms with Crippen LogP contribution in [0.2, 0.25) is 0 Å². The molecular weight excluding hydrogens is 686 g/mol.